The zero-order valence-corrected chi connectivity index (χ0v) is 15.3. The minimum atomic E-state index is -1.14. The SMILES string of the molecule is Cc1cc(OCCCC(=O)Nc2cc(C(=O)O)ccc2O)cc(C)c1Cl. The number of rotatable bonds is 7. The van der Waals surface area contributed by atoms with Gasteiger partial charge in [-0.1, -0.05) is 11.6 Å². The average molecular weight is 378 g/mol. The standard InChI is InChI=1S/C19H20ClNO5/c1-11-8-14(9-12(2)18(11)20)26-7-3-4-17(23)21-15-10-13(19(24)25)5-6-16(15)22/h5-6,8-10,22H,3-4,7H2,1-2H3,(H,21,23)(H,24,25). The highest BCUT2D eigenvalue weighted by Gasteiger charge is 2.11. The molecule has 0 fully saturated rings. The van der Waals surface area contributed by atoms with Crippen molar-refractivity contribution < 1.29 is 24.5 Å². The molecule has 2 rings (SSSR count). The van der Waals surface area contributed by atoms with E-state index in [4.69, 9.17) is 21.4 Å². The van der Waals surface area contributed by atoms with Crippen LogP contribution in [-0.2, 0) is 4.79 Å². The second-order valence-corrected chi connectivity index (χ2v) is 6.29. The van der Waals surface area contributed by atoms with Gasteiger partial charge in [0, 0.05) is 11.4 Å². The van der Waals surface area contributed by atoms with Crippen molar-refractivity contribution in [2.75, 3.05) is 11.9 Å². The molecular weight excluding hydrogens is 358 g/mol. The Bertz CT molecular complexity index is 812. The van der Waals surface area contributed by atoms with Gasteiger partial charge in [0.15, 0.2) is 0 Å². The van der Waals surface area contributed by atoms with Gasteiger partial charge in [0.2, 0.25) is 5.91 Å². The number of nitrogens with one attached hydrogen (secondary N) is 1. The second kappa shape index (κ2) is 8.58. The summed E-state index contributed by atoms with van der Waals surface area (Å²) in [5.41, 5.74) is 1.90. The highest BCUT2D eigenvalue weighted by atomic mass is 35.5. The predicted octanol–water partition coefficient (Wildman–Crippen LogP) is 4.16. The fraction of sp³-hybridized carbons (Fsp3) is 0.263. The largest absolute Gasteiger partial charge is 0.506 e. The van der Waals surface area contributed by atoms with E-state index >= 15 is 0 Å². The van der Waals surface area contributed by atoms with E-state index in [2.05, 4.69) is 5.32 Å². The van der Waals surface area contributed by atoms with Gasteiger partial charge in [-0.2, -0.15) is 0 Å². The van der Waals surface area contributed by atoms with Gasteiger partial charge in [0.1, 0.15) is 11.5 Å². The molecule has 2 aromatic carbocycles. The molecule has 7 heteroatoms. The van der Waals surface area contributed by atoms with Crippen LogP contribution >= 0.6 is 11.6 Å². The number of phenols is 1. The molecule has 0 spiro atoms. The molecule has 26 heavy (non-hydrogen) atoms. The number of aromatic carboxylic acids is 1. The molecule has 138 valence electrons. The Labute approximate surface area is 156 Å². The van der Waals surface area contributed by atoms with Crippen LogP contribution in [-0.4, -0.2) is 28.7 Å². The molecule has 6 nitrogen and oxygen atoms in total. The van der Waals surface area contributed by atoms with Crippen LogP contribution in [0.3, 0.4) is 0 Å². The van der Waals surface area contributed by atoms with Crippen molar-refractivity contribution in [2.45, 2.75) is 26.7 Å². The van der Waals surface area contributed by atoms with Crippen LogP contribution in [0.2, 0.25) is 5.02 Å². The monoisotopic (exact) mass is 377 g/mol. The van der Waals surface area contributed by atoms with Crippen LogP contribution in [0.4, 0.5) is 5.69 Å². The zero-order valence-electron chi connectivity index (χ0n) is 14.5. The van der Waals surface area contributed by atoms with Crippen molar-refractivity contribution in [3.05, 3.63) is 52.0 Å². The lowest BCUT2D eigenvalue weighted by atomic mass is 10.1. The molecule has 0 bridgehead atoms. The predicted molar refractivity (Wildman–Crippen MR) is 99.4 cm³/mol. The highest BCUT2D eigenvalue weighted by molar-refractivity contribution is 6.32. The maximum absolute atomic E-state index is 12.0. The van der Waals surface area contributed by atoms with Gasteiger partial charge < -0.3 is 20.3 Å². The summed E-state index contributed by atoms with van der Waals surface area (Å²) in [6.07, 6.45) is 0.633. The lowest BCUT2D eigenvalue weighted by Gasteiger charge is -2.11. The third-order valence-corrected chi connectivity index (χ3v) is 4.34. The van der Waals surface area contributed by atoms with Crippen LogP contribution in [0.25, 0.3) is 0 Å². The summed E-state index contributed by atoms with van der Waals surface area (Å²) in [5.74, 6) is -0.972. The van der Waals surface area contributed by atoms with Crippen molar-refractivity contribution >= 4 is 29.2 Å². The summed E-state index contributed by atoms with van der Waals surface area (Å²) < 4.78 is 5.63. The van der Waals surface area contributed by atoms with E-state index in [1.807, 2.05) is 26.0 Å². The molecule has 0 aliphatic rings. The number of benzene rings is 2. The number of ether oxygens (including phenoxy) is 1. The topological polar surface area (TPSA) is 95.9 Å². The van der Waals surface area contributed by atoms with Crippen LogP contribution < -0.4 is 10.1 Å². The van der Waals surface area contributed by atoms with Gasteiger partial charge >= 0.3 is 5.97 Å². The first kappa shape index (κ1) is 19.6. The molecule has 3 N–H and O–H groups in total. The Kier molecular flexibility index (Phi) is 6.46. The van der Waals surface area contributed by atoms with Gasteiger partial charge in [-0.05, 0) is 61.7 Å². The summed E-state index contributed by atoms with van der Waals surface area (Å²) in [7, 11) is 0. The number of carbonyl (C=O) groups excluding carboxylic acids is 1. The highest BCUT2D eigenvalue weighted by Crippen LogP contribution is 2.26. The first-order chi connectivity index (χ1) is 12.3. The van der Waals surface area contributed by atoms with E-state index in [1.54, 1.807) is 0 Å². The molecule has 0 aliphatic heterocycles. The van der Waals surface area contributed by atoms with E-state index in [0.717, 1.165) is 11.1 Å². The fourth-order valence-electron chi connectivity index (χ4n) is 2.39. The molecule has 0 saturated heterocycles. The Morgan fingerprint density at radius 1 is 1.15 bits per heavy atom. The number of aromatic hydroxyl groups is 1. The Morgan fingerprint density at radius 3 is 2.42 bits per heavy atom. The van der Waals surface area contributed by atoms with E-state index in [1.165, 1.54) is 18.2 Å². The van der Waals surface area contributed by atoms with Gasteiger partial charge in [-0.15, -0.1) is 0 Å². The molecule has 0 atom stereocenters. The Morgan fingerprint density at radius 2 is 1.81 bits per heavy atom. The van der Waals surface area contributed by atoms with Crippen molar-refractivity contribution in [1.29, 1.82) is 0 Å². The minimum absolute atomic E-state index is 0.0186. The van der Waals surface area contributed by atoms with Crippen molar-refractivity contribution in [3.8, 4) is 11.5 Å². The first-order valence-electron chi connectivity index (χ1n) is 8.03. The maximum atomic E-state index is 12.0. The van der Waals surface area contributed by atoms with Gasteiger partial charge in [-0.3, -0.25) is 4.79 Å². The molecule has 0 aliphatic carbocycles. The number of aryl methyl sites for hydroxylation is 2. The molecule has 1 amide bonds. The quantitative estimate of drug-likeness (QED) is 0.497. The van der Waals surface area contributed by atoms with Gasteiger partial charge in [0.05, 0.1) is 17.9 Å². The second-order valence-electron chi connectivity index (χ2n) is 5.91. The molecule has 0 heterocycles. The Hall–Kier alpha value is -2.73. The number of hydrogen-bond donors (Lipinski definition) is 3. The molecule has 0 aromatic heterocycles. The van der Waals surface area contributed by atoms with Gasteiger partial charge in [-0.25, -0.2) is 4.79 Å². The van der Waals surface area contributed by atoms with Gasteiger partial charge in [0.25, 0.3) is 0 Å². The fourth-order valence-corrected chi connectivity index (χ4v) is 2.50. The summed E-state index contributed by atoms with van der Waals surface area (Å²) in [6.45, 7) is 4.13. The van der Waals surface area contributed by atoms with Crippen LogP contribution in [0.5, 0.6) is 11.5 Å². The Balaban J connectivity index is 1.84. The molecule has 2 aromatic rings. The maximum Gasteiger partial charge on any atom is 0.335 e. The van der Waals surface area contributed by atoms with Crippen molar-refractivity contribution in [3.63, 3.8) is 0 Å². The average Bonchev–Trinajstić information content (AvgIpc) is 2.58. The van der Waals surface area contributed by atoms with Crippen molar-refractivity contribution in [2.24, 2.45) is 0 Å². The molecular formula is C19H20ClNO5. The summed E-state index contributed by atoms with van der Waals surface area (Å²) >= 11 is 6.11. The van der Waals surface area contributed by atoms with Crippen LogP contribution in [0.1, 0.15) is 34.3 Å². The number of carboxylic acid groups (broad SMARTS) is 1. The third-order valence-electron chi connectivity index (χ3n) is 3.74. The number of amides is 1. The lowest BCUT2D eigenvalue weighted by Crippen LogP contribution is -2.13. The minimum Gasteiger partial charge on any atom is -0.506 e. The molecule has 0 radical (unpaired) electrons. The number of halogens is 1. The lowest BCUT2D eigenvalue weighted by molar-refractivity contribution is -0.116. The number of hydrogen-bond acceptors (Lipinski definition) is 4. The molecule has 0 unspecified atom stereocenters. The van der Waals surface area contributed by atoms with E-state index in [-0.39, 0.29) is 29.3 Å². The third kappa shape index (κ3) is 5.13. The number of phenolic OH excluding ortho intramolecular Hbond substituents is 1. The zero-order chi connectivity index (χ0) is 19.3. The number of anilines is 1. The molecule has 0 saturated carbocycles. The van der Waals surface area contributed by atoms with Crippen LogP contribution in [0, 0.1) is 13.8 Å². The van der Waals surface area contributed by atoms with E-state index < -0.39 is 5.97 Å². The normalized spacial score (nSPS) is 10.4. The van der Waals surface area contributed by atoms with Crippen LogP contribution in [0.15, 0.2) is 30.3 Å². The van der Waals surface area contributed by atoms with E-state index in [0.29, 0.717) is 23.8 Å². The summed E-state index contributed by atoms with van der Waals surface area (Å²) in [4.78, 5) is 22.9. The van der Waals surface area contributed by atoms with Crippen molar-refractivity contribution in [1.82, 2.24) is 0 Å². The van der Waals surface area contributed by atoms with E-state index in [9.17, 15) is 14.7 Å². The summed E-state index contributed by atoms with van der Waals surface area (Å²) in [5, 5.41) is 21.9. The number of carbonyl (C=O) groups is 2. The number of carboxylic acids is 1. The smallest absolute Gasteiger partial charge is 0.335 e. The summed E-state index contributed by atoms with van der Waals surface area (Å²) in [6, 6.07) is 7.38. The first-order valence-corrected chi connectivity index (χ1v) is 8.41.